The molecule has 5 nitrogen and oxygen atoms in total. The Balaban J connectivity index is 1.58. The van der Waals surface area contributed by atoms with Crippen LogP contribution in [-0.2, 0) is 6.54 Å². The van der Waals surface area contributed by atoms with Crippen LogP contribution >= 0.6 is 0 Å². The zero-order valence-corrected chi connectivity index (χ0v) is 13.2. The first-order valence-electron chi connectivity index (χ1n) is 8.21. The quantitative estimate of drug-likeness (QED) is 0.890. The van der Waals surface area contributed by atoms with Crippen LogP contribution in [0.4, 0.5) is 5.69 Å². The third-order valence-corrected chi connectivity index (χ3v) is 4.14. The van der Waals surface area contributed by atoms with Crippen molar-refractivity contribution in [1.29, 1.82) is 0 Å². The van der Waals surface area contributed by atoms with Gasteiger partial charge in [0.15, 0.2) is 0 Å². The Hall–Kier alpha value is -2.43. The fourth-order valence-corrected chi connectivity index (χ4v) is 2.90. The lowest BCUT2D eigenvalue weighted by molar-refractivity contribution is 0.0946. The number of carbonyl (C=O) groups excluding carboxylic acids is 1. The molecule has 0 bridgehead atoms. The SMILES string of the molecule is O=C(NCc1cccnc1)c1cc(NC2CCCCC2)ccn1. The number of nitrogens with zero attached hydrogens (tertiary/aromatic N) is 2. The van der Waals surface area contributed by atoms with Gasteiger partial charge in [0.25, 0.3) is 5.91 Å². The summed E-state index contributed by atoms with van der Waals surface area (Å²) in [5, 5.41) is 6.40. The van der Waals surface area contributed by atoms with Crippen LogP contribution in [0.2, 0.25) is 0 Å². The number of rotatable bonds is 5. The molecule has 0 radical (unpaired) electrons. The normalized spacial score (nSPS) is 15.1. The third kappa shape index (κ3) is 4.52. The predicted octanol–water partition coefficient (Wildman–Crippen LogP) is 3.15. The highest BCUT2D eigenvalue weighted by atomic mass is 16.1. The van der Waals surface area contributed by atoms with Gasteiger partial charge in [0.1, 0.15) is 5.69 Å². The van der Waals surface area contributed by atoms with Crippen molar-refractivity contribution in [3.63, 3.8) is 0 Å². The van der Waals surface area contributed by atoms with E-state index in [-0.39, 0.29) is 5.91 Å². The van der Waals surface area contributed by atoms with Crippen LogP contribution in [0, 0.1) is 0 Å². The summed E-state index contributed by atoms with van der Waals surface area (Å²) in [5.41, 5.74) is 2.38. The molecule has 5 heteroatoms. The molecule has 3 rings (SSSR count). The Kier molecular flexibility index (Phi) is 5.19. The van der Waals surface area contributed by atoms with Crippen LogP contribution in [0.3, 0.4) is 0 Å². The number of carbonyl (C=O) groups is 1. The molecule has 0 atom stereocenters. The van der Waals surface area contributed by atoms with Gasteiger partial charge in [-0.25, -0.2) is 0 Å². The van der Waals surface area contributed by atoms with Gasteiger partial charge in [-0.1, -0.05) is 25.3 Å². The topological polar surface area (TPSA) is 66.9 Å². The lowest BCUT2D eigenvalue weighted by Crippen LogP contribution is -2.25. The molecule has 1 fully saturated rings. The molecule has 23 heavy (non-hydrogen) atoms. The molecule has 1 aliphatic carbocycles. The van der Waals surface area contributed by atoms with Gasteiger partial charge >= 0.3 is 0 Å². The van der Waals surface area contributed by atoms with Crippen LogP contribution in [0.5, 0.6) is 0 Å². The number of pyridine rings is 2. The summed E-state index contributed by atoms with van der Waals surface area (Å²) in [6.45, 7) is 0.453. The number of hydrogen-bond donors (Lipinski definition) is 2. The van der Waals surface area contributed by atoms with Crippen LogP contribution in [0.15, 0.2) is 42.9 Å². The van der Waals surface area contributed by atoms with E-state index in [0.717, 1.165) is 11.3 Å². The Bertz CT molecular complexity index is 638. The Labute approximate surface area is 136 Å². The van der Waals surface area contributed by atoms with Gasteiger partial charge in [0.2, 0.25) is 0 Å². The molecule has 2 heterocycles. The molecule has 0 aromatic carbocycles. The van der Waals surface area contributed by atoms with E-state index in [4.69, 9.17) is 0 Å². The zero-order chi connectivity index (χ0) is 15.9. The summed E-state index contributed by atoms with van der Waals surface area (Å²) in [4.78, 5) is 20.5. The first-order valence-corrected chi connectivity index (χ1v) is 8.21. The minimum Gasteiger partial charge on any atom is -0.382 e. The largest absolute Gasteiger partial charge is 0.382 e. The molecule has 1 aliphatic rings. The van der Waals surface area contributed by atoms with Gasteiger partial charge in [0.05, 0.1) is 0 Å². The average molecular weight is 310 g/mol. The molecular weight excluding hydrogens is 288 g/mol. The van der Waals surface area contributed by atoms with Crippen LogP contribution in [-0.4, -0.2) is 21.9 Å². The lowest BCUT2D eigenvalue weighted by Gasteiger charge is -2.23. The van der Waals surface area contributed by atoms with Crippen molar-refractivity contribution in [2.75, 3.05) is 5.32 Å². The predicted molar refractivity (Wildman–Crippen MR) is 90.1 cm³/mol. The standard InChI is InChI=1S/C18H22N4O/c23-18(21-13-14-5-4-9-19-12-14)17-11-16(8-10-20-17)22-15-6-2-1-3-7-15/h4-5,8-12,15H,1-3,6-7,13H2,(H,20,22)(H,21,23). The van der Waals surface area contributed by atoms with E-state index in [1.807, 2.05) is 24.3 Å². The highest BCUT2D eigenvalue weighted by molar-refractivity contribution is 5.93. The molecule has 0 unspecified atom stereocenters. The fourth-order valence-electron chi connectivity index (χ4n) is 2.90. The summed E-state index contributed by atoms with van der Waals surface area (Å²) in [5.74, 6) is -0.166. The molecule has 0 aliphatic heterocycles. The maximum Gasteiger partial charge on any atom is 0.270 e. The van der Waals surface area contributed by atoms with Crippen LogP contribution in [0.1, 0.15) is 48.2 Å². The van der Waals surface area contributed by atoms with Crippen molar-refractivity contribution < 1.29 is 4.79 Å². The Morgan fingerprint density at radius 1 is 1.17 bits per heavy atom. The van der Waals surface area contributed by atoms with Gasteiger partial charge in [-0.2, -0.15) is 0 Å². The molecule has 2 aromatic rings. The molecular formula is C18H22N4O. The number of amides is 1. The minimum atomic E-state index is -0.166. The smallest absolute Gasteiger partial charge is 0.270 e. The van der Waals surface area contributed by atoms with Gasteiger partial charge < -0.3 is 10.6 Å². The summed E-state index contributed by atoms with van der Waals surface area (Å²) < 4.78 is 0. The maximum atomic E-state index is 12.2. The second-order valence-electron chi connectivity index (χ2n) is 5.95. The fraction of sp³-hybridized carbons (Fsp3) is 0.389. The zero-order valence-electron chi connectivity index (χ0n) is 13.2. The second-order valence-corrected chi connectivity index (χ2v) is 5.95. The molecule has 0 saturated heterocycles. The average Bonchev–Trinajstić information content (AvgIpc) is 2.62. The van der Waals surface area contributed by atoms with E-state index in [1.165, 1.54) is 32.1 Å². The van der Waals surface area contributed by atoms with Crippen molar-refractivity contribution in [2.45, 2.75) is 44.7 Å². The summed E-state index contributed by atoms with van der Waals surface area (Å²) in [6.07, 6.45) is 11.4. The van der Waals surface area contributed by atoms with E-state index in [9.17, 15) is 4.79 Å². The van der Waals surface area contributed by atoms with Crippen molar-refractivity contribution in [1.82, 2.24) is 15.3 Å². The van der Waals surface area contributed by atoms with E-state index in [2.05, 4.69) is 20.6 Å². The van der Waals surface area contributed by atoms with Crippen LogP contribution < -0.4 is 10.6 Å². The first kappa shape index (κ1) is 15.5. The van der Waals surface area contributed by atoms with Gasteiger partial charge in [0, 0.05) is 36.9 Å². The van der Waals surface area contributed by atoms with Gasteiger partial charge in [-0.3, -0.25) is 14.8 Å². The maximum absolute atomic E-state index is 12.2. The van der Waals surface area contributed by atoms with E-state index >= 15 is 0 Å². The second kappa shape index (κ2) is 7.72. The summed E-state index contributed by atoms with van der Waals surface area (Å²) in [7, 11) is 0. The molecule has 2 aromatic heterocycles. The van der Waals surface area contributed by atoms with Crippen molar-refractivity contribution in [3.8, 4) is 0 Å². The van der Waals surface area contributed by atoms with Crippen molar-refractivity contribution >= 4 is 11.6 Å². The Morgan fingerprint density at radius 3 is 2.83 bits per heavy atom. The molecule has 120 valence electrons. The van der Waals surface area contributed by atoms with Crippen molar-refractivity contribution in [3.05, 3.63) is 54.1 Å². The number of aromatic nitrogens is 2. The highest BCUT2D eigenvalue weighted by Gasteiger charge is 2.14. The van der Waals surface area contributed by atoms with Gasteiger partial charge in [-0.15, -0.1) is 0 Å². The van der Waals surface area contributed by atoms with Crippen molar-refractivity contribution in [2.24, 2.45) is 0 Å². The molecule has 1 saturated carbocycles. The number of hydrogen-bond acceptors (Lipinski definition) is 4. The first-order chi connectivity index (χ1) is 11.3. The van der Waals surface area contributed by atoms with E-state index in [0.29, 0.717) is 18.3 Å². The minimum absolute atomic E-state index is 0.166. The third-order valence-electron chi connectivity index (χ3n) is 4.14. The molecule has 1 amide bonds. The highest BCUT2D eigenvalue weighted by Crippen LogP contribution is 2.21. The Morgan fingerprint density at radius 2 is 2.04 bits per heavy atom. The summed E-state index contributed by atoms with van der Waals surface area (Å²) in [6, 6.07) is 8.05. The van der Waals surface area contributed by atoms with E-state index < -0.39 is 0 Å². The number of anilines is 1. The monoisotopic (exact) mass is 310 g/mol. The lowest BCUT2D eigenvalue weighted by atomic mass is 9.95. The molecule has 0 spiro atoms. The summed E-state index contributed by atoms with van der Waals surface area (Å²) >= 11 is 0. The van der Waals surface area contributed by atoms with Gasteiger partial charge in [-0.05, 0) is 36.6 Å². The molecule has 2 N–H and O–H groups in total. The van der Waals surface area contributed by atoms with E-state index in [1.54, 1.807) is 18.6 Å². The van der Waals surface area contributed by atoms with Crippen LogP contribution in [0.25, 0.3) is 0 Å². The number of nitrogens with one attached hydrogen (secondary N) is 2.